The lowest BCUT2D eigenvalue weighted by atomic mass is 10.2. The first-order valence-electron chi connectivity index (χ1n) is 8.24. The van der Waals surface area contributed by atoms with Gasteiger partial charge in [-0.15, -0.1) is 0 Å². The van der Waals surface area contributed by atoms with Crippen LogP contribution in [0.15, 0.2) is 77.9 Å². The molecule has 3 aromatic carbocycles. The minimum atomic E-state index is -0.555. The van der Waals surface area contributed by atoms with E-state index in [0.717, 1.165) is 11.6 Å². The molecular weight excluding hydrogens is 344 g/mol. The first-order chi connectivity index (χ1) is 13.1. The van der Waals surface area contributed by atoms with Gasteiger partial charge in [0, 0.05) is 17.2 Å². The first-order valence-corrected chi connectivity index (χ1v) is 8.24. The molecule has 0 saturated heterocycles. The second-order valence-corrected chi connectivity index (χ2v) is 5.75. The maximum Gasteiger partial charge on any atom is 0.271 e. The quantitative estimate of drug-likeness (QED) is 0.463. The molecule has 0 radical (unpaired) electrons. The molecule has 6 heteroatoms. The smallest absolute Gasteiger partial charge is 0.271 e. The van der Waals surface area contributed by atoms with E-state index in [9.17, 15) is 15.0 Å². The van der Waals surface area contributed by atoms with Gasteiger partial charge in [-0.25, -0.2) is 5.43 Å². The fourth-order valence-electron chi connectivity index (χ4n) is 2.41. The molecule has 0 aliphatic rings. The van der Waals surface area contributed by atoms with E-state index in [1.807, 2.05) is 54.6 Å². The molecule has 0 aliphatic carbocycles. The van der Waals surface area contributed by atoms with Crippen molar-refractivity contribution in [2.24, 2.45) is 5.10 Å². The SMILES string of the molecule is O=C(NN=Cc1ccccc1OCc1ccccc1)c1cc(O)cc(O)c1. The zero-order chi connectivity index (χ0) is 19.1. The molecule has 0 aliphatic heterocycles. The van der Waals surface area contributed by atoms with Gasteiger partial charge in [0.05, 0.1) is 6.21 Å². The number of amides is 1. The Labute approximate surface area is 156 Å². The number of carbonyl (C=O) groups is 1. The van der Waals surface area contributed by atoms with Crippen LogP contribution in [0.25, 0.3) is 0 Å². The molecule has 6 nitrogen and oxygen atoms in total. The second-order valence-electron chi connectivity index (χ2n) is 5.75. The lowest BCUT2D eigenvalue weighted by Crippen LogP contribution is -2.17. The fourth-order valence-corrected chi connectivity index (χ4v) is 2.41. The Balaban J connectivity index is 1.65. The lowest BCUT2D eigenvalue weighted by molar-refractivity contribution is 0.0954. The maximum absolute atomic E-state index is 12.1. The minimum absolute atomic E-state index is 0.0956. The van der Waals surface area contributed by atoms with Gasteiger partial charge in [-0.1, -0.05) is 42.5 Å². The molecule has 0 unspecified atom stereocenters. The normalized spacial score (nSPS) is 10.7. The first kappa shape index (κ1) is 18.0. The van der Waals surface area contributed by atoms with Gasteiger partial charge in [-0.3, -0.25) is 4.79 Å². The van der Waals surface area contributed by atoms with E-state index < -0.39 is 5.91 Å². The zero-order valence-corrected chi connectivity index (χ0v) is 14.4. The molecule has 27 heavy (non-hydrogen) atoms. The van der Waals surface area contributed by atoms with Gasteiger partial charge in [-0.2, -0.15) is 5.10 Å². The number of phenols is 2. The average Bonchev–Trinajstić information content (AvgIpc) is 2.67. The predicted molar refractivity (Wildman–Crippen MR) is 102 cm³/mol. The second kappa shape index (κ2) is 8.53. The van der Waals surface area contributed by atoms with Crippen LogP contribution in [0.1, 0.15) is 21.5 Å². The Hall–Kier alpha value is -3.80. The average molecular weight is 362 g/mol. The number of phenolic OH excluding ortho intramolecular Hbond substituents is 2. The number of rotatable bonds is 6. The van der Waals surface area contributed by atoms with Crippen LogP contribution in [0.2, 0.25) is 0 Å². The number of aromatic hydroxyl groups is 2. The number of hydrogen-bond acceptors (Lipinski definition) is 5. The summed E-state index contributed by atoms with van der Waals surface area (Å²) >= 11 is 0. The van der Waals surface area contributed by atoms with Crippen molar-refractivity contribution in [3.05, 3.63) is 89.5 Å². The van der Waals surface area contributed by atoms with Gasteiger partial charge in [0.2, 0.25) is 0 Å². The molecule has 0 bridgehead atoms. The van der Waals surface area contributed by atoms with Gasteiger partial charge in [0.15, 0.2) is 0 Å². The van der Waals surface area contributed by atoms with Crippen LogP contribution >= 0.6 is 0 Å². The molecule has 136 valence electrons. The summed E-state index contributed by atoms with van der Waals surface area (Å²) < 4.78 is 5.83. The van der Waals surface area contributed by atoms with Gasteiger partial charge < -0.3 is 14.9 Å². The maximum atomic E-state index is 12.1. The highest BCUT2D eigenvalue weighted by atomic mass is 16.5. The van der Waals surface area contributed by atoms with Crippen LogP contribution in [0, 0.1) is 0 Å². The van der Waals surface area contributed by atoms with E-state index in [-0.39, 0.29) is 17.1 Å². The van der Waals surface area contributed by atoms with E-state index in [0.29, 0.717) is 17.9 Å². The van der Waals surface area contributed by atoms with Crippen LogP contribution in [0.3, 0.4) is 0 Å². The molecule has 0 spiro atoms. The fraction of sp³-hybridized carbons (Fsp3) is 0.0476. The van der Waals surface area contributed by atoms with Crippen LogP contribution < -0.4 is 10.2 Å². The van der Waals surface area contributed by atoms with Crippen molar-refractivity contribution >= 4 is 12.1 Å². The van der Waals surface area contributed by atoms with Crippen LogP contribution in [-0.2, 0) is 6.61 Å². The number of nitrogens with one attached hydrogen (secondary N) is 1. The Morgan fingerprint density at radius 2 is 1.63 bits per heavy atom. The molecule has 3 rings (SSSR count). The van der Waals surface area contributed by atoms with E-state index in [1.54, 1.807) is 0 Å². The molecule has 1 amide bonds. The van der Waals surface area contributed by atoms with Crippen molar-refractivity contribution in [2.75, 3.05) is 0 Å². The third-order valence-corrected chi connectivity index (χ3v) is 3.69. The molecule has 3 N–H and O–H groups in total. The summed E-state index contributed by atoms with van der Waals surface area (Å²) in [5, 5.41) is 22.8. The van der Waals surface area contributed by atoms with Crippen molar-refractivity contribution < 1.29 is 19.7 Å². The number of hydrogen-bond donors (Lipinski definition) is 3. The van der Waals surface area contributed by atoms with Crippen LogP contribution in [-0.4, -0.2) is 22.3 Å². The summed E-state index contributed by atoms with van der Waals surface area (Å²) in [4.78, 5) is 12.1. The topological polar surface area (TPSA) is 91.2 Å². The van der Waals surface area contributed by atoms with E-state index in [4.69, 9.17) is 4.74 Å². The third-order valence-electron chi connectivity index (χ3n) is 3.69. The minimum Gasteiger partial charge on any atom is -0.508 e. The van der Waals surface area contributed by atoms with E-state index in [2.05, 4.69) is 10.5 Å². The molecule has 0 fully saturated rings. The Bertz CT molecular complexity index is 935. The number of hydrazone groups is 1. The van der Waals surface area contributed by atoms with Crippen LogP contribution in [0.4, 0.5) is 0 Å². The van der Waals surface area contributed by atoms with Crippen molar-refractivity contribution in [3.8, 4) is 17.2 Å². The van der Waals surface area contributed by atoms with Crippen molar-refractivity contribution in [1.82, 2.24) is 5.43 Å². The summed E-state index contributed by atoms with van der Waals surface area (Å²) in [6, 6.07) is 20.7. The largest absolute Gasteiger partial charge is 0.508 e. The lowest BCUT2D eigenvalue weighted by Gasteiger charge is -2.09. The molecule has 0 aromatic heterocycles. The molecule has 3 aromatic rings. The highest BCUT2D eigenvalue weighted by Gasteiger charge is 2.08. The number of para-hydroxylation sites is 1. The molecule has 0 heterocycles. The van der Waals surface area contributed by atoms with Gasteiger partial charge in [0.1, 0.15) is 23.9 Å². The van der Waals surface area contributed by atoms with Crippen LogP contribution in [0.5, 0.6) is 17.2 Å². The highest BCUT2D eigenvalue weighted by molar-refractivity contribution is 5.95. The predicted octanol–water partition coefficient (Wildman–Crippen LogP) is 3.44. The standard InChI is InChI=1S/C21H18N2O4/c24-18-10-17(11-19(25)12-18)21(26)23-22-13-16-8-4-5-9-20(16)27-14-15-6-2-1-3-7-15/h1-13,24-25H,14H2,(H,23,26). The molecule has 0 saturated carbocycles. The zero-order valence-electron chi connectivity index (χ0n) is 14.4. The Morgan fingerprint density at radius 1 is 0.963 bits per heavy atom. The van der Waals surface area contributed by atoms with Crippen molar-refractivity contribution in [1.29, 1.82) is 0 Å². The van der Waals surface area contributed by atoms with Crippen molar-refractivity contribution in [2.45, 2.75) is 6.61 Å². The van der Waals surface area contributed by atoms with Gasteiger partial charge in [0.25, 0.3) is 5.91 Å². The number of benzene rings is 3. The highest BCUT2D eigenvalue weighted by Crippen LogP contribution is 2.20. The van der Waals surface area contributed by atoms with E-state index in [1.165, 1.54) is 18.3 Å². The summed E-state index contributed by atoms with van der Waals surface area (Å²) in [7, 11) is 0. The van der Waals surface area contributed by atoms with Crippen molar-refractivity contribution in [3.63, 3.8) is 0 Å². The van der Waals surface area contributed by atoms with E-state index >= 15 is 0 Å². The number of carbonyl (C=O) groups excluding carboxylic acids is 1. The number of ether oxygens (including phenoxy) is 1. The molecule has 0 atom stereocenters. The monoisotopic (exact) mass is 362 g/mol. The summed E-state index contributed by atoms with van der Waals surface area (Å²) in [6.45, 7) is 0.417. The Morgan fingerprint density at radius 3 is 2.37 bits per heavy atom. The van der Waals surface area contributed by atoms with Gasteiger partial charge in [-0.05, 0) is 29.8 Å². The summed E-state index contributed by atoms with van der Waals surface area (Å²) in [5.74, 6) is -0.331. The molecular formula is C21H18N2O4. The summed E-state index contributed by atoms with van der Waals surface area (Å²) in [6.07, 6.45) is 1.47. The van der Waals surface area contributed by atoms with Gasteiger partial charge >= 0.3 is 0 Å². The number of nitrogens with zero attached hydrogens (tertiary/aromatic N) is 1. The summed E-state index contributed by atoms with van der Waals surface area (Å²) in [5.41, 5.74) is 4.20. The Kier molecular flexibility index (Phi) is 5.69. The third kappa shape index (κ3) is 5.09.